The van der Waals surface area contributed by atoms with Gasteiger partial charge in [0.1, 0.15) is 16.0 Å². The van der Waals surface area contributed by atoms with Gasteiger partial charge in [0.15, 0.2) is 17.5 Å². The summed E-state index contributed by atoms with van der Waals surface area (Å²) in [6.45, 7) is 1.61. The number of fused-ring (bicyclic) bond motifs is 1. The highest BCUT2D eigenvalue weighted by Gasteiger charge is 2.32. The van der Waals surface area contributed by atoms with Crippen molar-refractivity contribution in [1.82, 2.24) is 4.57 Å². The molecule has 0 amide bonds. The molecule has 1 aromatic carbocycles. The molecule has 0 saturated heterocycles. The van der Waals surface area contributed by atoms with Gasteiger partial charge in [-0.25, -0.2) is 18.0 Å². The van der Waals surface area contributed by atoms with Crippen LogP contribution in [0.25, 0.3) is 10.9 Å². The number of aromatic nitrogens is 1. The van der Waals surface area contributed by atoms with Gasteiger partial charge in [0.25, 0.3) is 0 Å². The van der Waals surface area contributed by atoms with Crippen LogP contribution in [0, 0.1) is 22.1 Å². The van der Waals surface area contributed by atoms with Crippen LogP contribution in [0.3, 0.4) is 0 Å². The van der Waals surface area contributed by atoms with Crippen LogP contribution in [0.1, 0.15) is 36.2 Å². The van der Waals surface area contributed by atoms with Crippen LogP contribution in [0.2, 0.25) is 0 Å². The first-order valence-corrected chi connectivity index (χ1v) is 7.41. The number of halogens is 3. The molecule has 1 heterocycles. The predicted molar refractivity (Wildman–Crippen MR) is 78.5 cm³/mol. The number of rotatable bonds is 3. The molecule has 0 atom stereocenters. The van der Waals surface area contributed by atoms with Crippen molar-refractivity contribution < 1.29 is 27.8 Å². The van der Waals surface area contributed by atoms with Crippen LogP contribution in [0.15, 0.2) is 6.07 Å². The van der Waals surface area contributed by atoms with Crippen LogP contribution >= 0.6 is 12.2 Å². The fourth-order valence-corrected chi connectivity index (χ4v) is 2.95. The zero-order valence-corrected chi connectivity index (χ0v) is 12.8. The van der Waals surface area contributed by atoms with Gasteiger partial charge in [0, 0.05) is 11.4 Å². The van der Waals surface area contributed by atoms with Crippen LogP contribution in [0.4, 0.5) is 13.2 Å². The first-order valence-electron chi connectivity index (χ1n) is 7.00. The number of hydrogen-bond donors (Lipinski definition) is 1. The minimum absolute atomic E-state index is 0.0423. The third kappa shape index (κ3) is 2.37. The lowest BCUT2D eigenvalue weighted by molar-refractivity contribution is 0.0521. The number of aromatic hydroxyl groups is 1. The number of esters is 1. The van der Waals surface area contributed by atoms with E-state index in [-0.39, 0.29) is 33.8 Å². The number of carbonyl (C=O) groups excluding carboxylic acids is 1. The molecule has 23 heavy (non-hydrogen) atoms. The second kappa shape index (κ2) is 5.52. The molecular formula is C15H12F3NO3S. The summed E-state index contributed by atoms with van der Waals surface area (Å²) in [6, 6.07) is 0.428. The van der Waals surface area contributed by atoms with Crippen molar-refractivity contribution in [2.75, 3.05) is 6.61 Å². The zero-order chi connectivity index (χ0) is 16.9. The molecule has 0 bridgehead atoms. The van der Waals surface area contributed by atoms with Crippen molar-refractivity contribution in [2.45, 2.75) is 25.8 Å². The number of carbonyl (C=O) groups is 1. The van der Waals surface area contributed by atoms with E-state index < -0.39 is 29.2 Å². The Morgan fingerprint density at radius 3 is 2.61 bits per heavy atom. The fourth-order valence-electron chi connectivity index (χ4n) is 2.53. The summed E-state index contributed by atoms with van der Waals surface area (Å²) >= 11 is 5.17. The third-order valence-electron chi connectivity index (χ3n) is 3.69. The molecule has 1 saturated carbocycles. The molecule has 3 rings (SSSR count). The highest BCUT2D eigenvalue weighted by atomic mass is 32.1. The van der Waals surface area contributed by atoms with Gasteiger partial charge in [-0.3, -0.25) is 0 Å². The molecule has 0 unspecified atom stereocenters. The van der Waals surface area contributed by atoms with E-state index in [0.29, 0.717) is 18.9 Å². The monoisotopic (exact) mass is 343 g/mol. The maximum atomic E-state index is 14.2. The van der Waals surface area contributed by atoms with Gasteiger partial charge in [-0.1, -0.05) is 12.2 Å². The summed E-state index contributed by atoms with van der Waals surface area (Å²) in [7, 11) is 0. The van der Waals surface area contributed by atoms with Gasteiger partial charge in [-0.05, 0) is 25.8 Å². The number of nitrogens with zero attached hydrogens (tertiary/aromatic N) is 1. The van der Waals surface area contributed by atoms with Crippen molar-refractivity contribution in [2.24, 2.45) is 0 Å². The number of pyridine rings is 1. The lowest BCUT2D eigenvalue weighted by atomic mass is 10.1. The second-order valence-electron chi connectivity index (χ2n) is 5.23. The molecule has 4 nitrogen and oxygen atoms in total. The molecule has 2 aromatic rings. The Balaban J connectivity index is 2.47. The van der Waals surface area contributed by atoms with Crippen LogP contribution in [0.5, 0.6) is 5.75 Å². The van der Waals surface area contributed by atoms with Gasteiger partial charge in [-0.15, -0.1) is 0 Å². The largest absolute Gasteiger partial charge is 0.506 e. The lowest BCUT2D eigenvalue weighted by Crippen LogP contribution is -2.13. The van der Waals surface area contributed by atoms with E-state index in [4.69, 9.17) is 17.0 Å². The molecule has 1 N–H and O–H groups in total. The van der Waals surface area contributed by atoms with Gasteiger partial charge in [0.05, 0.1) is 12.1 Å². The Morgan fingerprint density at radius 1 is 1.39 bits per heavy atom. The SMILES string of the molecule is CCOC(=O)c1c(O)c2cc(F)c(F)c(F)c2n(C2CC2)c1=S. The number of ether oxygens (including phenoxy) is 1. The molecule has 0 radical (unpaired) electrons. The molecule has 1 fully saturated rings. The van der Waals surface area contributed by atoms with E-state index in [9.17, 15) is 23.1 Å². The lowest BCUT2D eigenvalue weighted by Gasteiger charge is -2.16. The van der Waals surface area contributed by atoms with E-state index in [0.717, 1.165) is 0 Å². The quantitative estimate of drug-likeness (QED) is 0.520. The maximum Gasteiger partial charge on any atom is 0.344 e. The summed E-state index contributed by atoms with van der Waals surface area (Å²) in [5.74, 6) is -6.15. The third-order valence-corrected chi connectivity index (χ3v) is 4.09. The van der Waals surface area contributed by atoms with Crippen LogP contribution in [-0.4, -0.2) is 22.2 Å². The molecule has 0 aliphatic heterocycles. The summed E-state index contributed by atoms with van der Waals surface area (Å²) < 4.78 is 47.3. The normalized spacial score (nSPS) is 14.3. The Morgan fingerprint density at radius 2 is 2.04 bits per heavy atom. The molecule has 1 aliphatic rings. The fraction of sp³-hybridized carbons (Fsp3) is 0.333. The van der Waals surface area contributed by atoms with E-state index in [1.165, 1.54) is 4.57 Å². The molecule has 8 heteroatoms. The Kier molecular flexibility index (Phi) is 3.79. The van der Waals surface area contributed by atoms with Gasteiger partial charge < -0.3 is 14.4 Å². The molecule has 122 valence electrons. The van der Waals surface area contributed by atoms with E-state index in [1.807, 2.05) is 0 Å². The Hall–Kier alpha value is -2.09. The summed E-state index contributed by atoms with van der Waals surface area (Å²) in [4.78, 5) is 12.0. The molecule has 0 spiro atoms. The average molecular weight is 343 g/mol. The topological polar surface area (TPSA) is 51.5 Å². The van der Waals surface area contributed by atoms with E-state index >= 15 is 0 Å². The minimum atomic E-state index is -1.65. The first-order chi connectivity index (χ1) is 10.9. The van der Waals surface area contributed by atoms with E-state index in [2.05, 4.69) is 0 Å². The Bertz CT molecular complexity index is 890. The summed E-state index contributed by atoms with van der Waals surface area (Å²) in [5.41, 5.74) is -0.686. The van der Waals surface area contributed by atoms with Crippen LogP contribution in [-0.2, 0) is 4.74 Å². The van der Waals surface area contributed by atoms with Crippen molar-refractivity contribution in [1.29, 1.82) is 0 Å². The van der Waals surface area contributed by atoms with Crippen molar-refractivity contribution in [3.8, 4) is 5.75 Å². The Labute approximate surface area is 134 Å². The van der Waals surface area contributed by atoms with Gasteiger partial charge in [0.2, 0.25) is 0 Å². The van der Waals surface area contributed by atoms with Crippen LogP contribution < -0.4 is 0 Å². The molecule has 1 aliphatic carbocycles. The van der Waals surface area contributed by atoms with Crippen molar-refractivity contribution in [3.63, 3.8) is 0 Å². The highest BCUT2D eigenvalue weighted by Crippen LogP contribution is 2.42. The minimum Gasteiger partial charge on any atom is -0.506 e. The van der Waals surface area contributed by atoms with Gasteiger partial charge in [-0.2, -0.15) is 0 Å². The summed E-state index contributed by atoms with van der Waals surface area (Å²) in [5, 5.41) is 9.94. The highest BCUT2D eigenvalue weighted by molar-refractivity contribution is 7.71. The van der Waals surface area contributed by atoms with E-state index in [1.54, 1.807) is 6.92 Å². The molecule has 1 aromatic heterocycles. The van der Waals surface area contributed by atoms with Crippen molar-refractivity contribution >= 4 is 29.1 Å². The van der Waals surface area contributed by atoms with Crippen molar-refractivity contribution in [3.05, 3.63) is 33.7 Å². The number of benzene rings is 1. The van der Waals surface area contributed by atoms with Gasteiger partial charge >= 0.3 is 5.97 Å². The first kappa shape index (κ1) is 15.8. The number of hydrogen-bond acceptors (Lipinski definition) is 4. The maximum absolute atomic E-state index is 14.2. The smallest absolute Gasteiger partial charge is 0.344 e. The average Bonchev–Trinajstić information content (AvgIpc) is 3.31. The zero-order valence-electron chi connectivity index (χ0n) is 12.0. The predicted octanol–water partition coefficient (Wildman–Crippen LogP) is 4.01. The standard InChI is InChI=1S/C15H12F3NO3S/c1-2-22-15(21)9-13(20)7-5-8(16)10(17)11(18)12(7)19(14(9)23)6-3-4-6/h5-6,20H,2-4H2,1H3. The summed E-state index contributed by atoms with van der Waals surface area (Å²) in [6.07, 6.45) is 1.32. The molecular weight excluding hydrogens is 331 g/mol. The second-order valence-corrected chi connectivity index (χ2v) is 5.62.